The van der Waals surface area contributed by atoms with Gasteiger partial charge < -0.3 is 30.0 Å². The Labute approximate surface area is 175 Å². The first-order chi connectivity index (χ1) is 14.6. The summed E-state index contributed by atoms with van der Waals surface area (Å²) >= 11 is 0. The molecular weight excluding hydrogens is 390 g/mol. The van der Waals surface area contributed by atoms with E-state index in [1.165, 1.54) is 0 Å². The molecule has 1 aliphatic heterocycles. The van der Waals surface area contributed by atoms with Crippen LogP contribution in [0.1, 0.15) is 25.0 Å². The van der Waals surface area contributed by atoms with E-state index in [1.807, 2.05) is 6.20 Å². The van der Waals surface area contributed by atoms with Crippen LogP contribution < -0.4 is 15.4 Å². The summed E-state index contributed by atoms with van der Waals surface area (Å²) in [7, 11) is 3.21. The van der Waals surface area contributed by atoms with Gasteiger partial charge in [-0.15, -0.1) is 5.10 Å². The summed E-state index contributed by atoms with van der Waals surface area (Å²) in [5.74, 6) is 0.717. The molecule has 30 heavy (non-hydrogen) atoms. The summed E-state index contributed by atoms with van der Waals surface area (Å²) in [6, 6.07) is 6.47. The second-order valence-electron chi connectivity index (χ2n) is 7.18. The Bertz CT molecular complexity index is 797. The number of methoxy groups -OCH3 is 2. The first-order valence-corrected chi connectivity index (χ1v) is 9.97. The fourth-order valence-corrected chi connectivity index (χ4v) is 3.46. The number of aryl methyl sites for hydroxylation is 1. The van der Waals surface area contributed by atoms with Crippen molar-refractivity contribution in [1.82, 2.24) is 20.3 Å². The highest BCUT2D eigenvalue weighted by molar-refractivity contribution is 5.89. The van der Waals surface area contributed by atoms with Crippen LogP contribution in [0.3, 0.4) is 0 Å². The lowest BCUT2D eigenvalue weighted by Gasteiger charge is -2.36. The molecule has 2 aromatic rings. The van der Waals surface area contributed by atoms with Gasteiger partial charge in [0.1, 0.15) is 17.5 Å². The third kappa shape index (κ3) is 6.15. The van der Waals surface area contributed by atoms with E-state index in [0.29, 0.717) is 24.6 Å². The number of hydrogen-bond donors (Lipinski definition) is 3. The maximum Gasteiger partial charge on any atom is 0.319 e. The van der Waals surface area contributed by atoms with Crippen molar-refractivity contribution in [2.45, 2.75) is 50.7 Å². The van der Waals surface area contributed by atoms with Crippen LogP contribution in [-0.2, 0) is 22.6 Å². The van der Waals surface area contributed by atoms with E-state index in [2.05, 4.69) is 20.9 Å². The molecular formula is C20H29N5O5. The molecule has 164 valence electrons. The zero-order chi connectivity index (χ0) is 21.3. The van der Waals surface area contributed by atoms with Crippen molar-refractivity contribution in [2.24, 2.45) is 0 Å². The van der Waals surface area contributed by atoms with Gasteiger partial charge in [-0.05, 0) is 43.5 Å². The second kappa shape index (κ2) is 10.9. The van der Waals surface area contributed by atoms with E-state index in [0.717, 1.165) is 25.0 Å². The Balaban J connectivity index is 1.45. The van der Waals surface area contributed by atoms with Crippen molar-refractivity contribution >= 4 is 11.7 Å². The van der Waals surface area contributed by atoms with E-state index < -0.39 is 6.10 Å². The predicted octanol–water partition coefficient (Wildman–Crippen LogP) is 1.55. The van der Waals surface area contributed by atoms with E-state index in [-0.39, 0.29) is 24.8 Å². The maximum atomic E-state index is 12.3. The molecule has 10 nitrogen and oxygen atoms in total. The molecule has 1 saturated heterocycles. The highest BCUT2D eigenvalue weighted by Gasteiger charge is 2.31. The van der Waals surface area contributed by atoms with Crippen LogP contribution in [-0.4, -0.2) is 65.2 Å². The minimum atomic E-state index is -0.454. The molecule has 0 bridgehead atoms. The molecule has 3 atom stereocenters. The number of hydrogen-bond acceptors (Lipinski definition) is 7. The number of carbonyl (C=O) groups is 1. The molecule has 2 heterocycles. The highest BCUT2D eigenvalue weighted by Crippen LogP contribution is 2.23. The van der Waals surface area contributed by atoms with Crippen molar-refractivity contribution in [3.05, 3.63) is 36.2 Å². The van der Waals surface area contributed by atoms with Gasteiger partial charge in [0.15, 0.2) is 0 Å². The largest absolute Gasteiger partial charge is 0.497 e. The fourth-order valence-electron chi connectivity index (χ4n) is 3.46. The number of carbonyl (C=O) groups excluding carboxylic acids is 1. The van der Waals surface area contributed by atoms with Gasteiger partial charge in [0, 0.05) is 19.3 Å². The van der Waals surface area contributed by atoms with Gasteiger partial charge in [-0.2, -0.15) is 0 Å². The van der Waals surface area contributed by atoms with E-state index >= 15 is 0 Å². The Morgan fingerprint density at radius 3 is 2.80 bits per heavy atom. The number of ether oxygens (including phenoxy) is 3. The van der Waals surface area contributed by atoms with Crippen molar-refractivity contribution in [3.63, 3.8) is 0 Å². The first kappa shape index (κ1) is 22.0. The summed E-state index contributed by atoms with van der Waals surface area (Å²) in [5.41, 5.74) is 1.44. The van der Waals surface area contributed by atoms with Crippen LogP contribution in [0, 0.1) is 0 Å². The minimum Gasteiger partial charge on any atom is -0.497 e. The molecule has 1 aromatic heterocycles. The molecule has 2 amide bonds. The number of urea groups is 1. The predicted molar refractivity (Wildman–Crippen MR) is 109 cm³/mol. The normalized spacial score (nSPS) is 21.2. The number of anilines is 1. The standard InChI is InChI=1S/C20H29N5O5/c1-28-13-15-11-25(24-23-15)10-9-17-7-8-18(19(12-26)30-17)22-20(27)21-14-3-5-16(29-2)6-4-14/h3-6,11,17-19,26H,7-10,12-13H2,1-2H3,(H2,21,22,27)/t17-,18+,19+/m1/s1. The zero-order valence-corrected chi connectivity index (χ0v) is 17.3. The van der Waals surface area contributed by atoms with Gasteiger partial charge in [0.05, 0.1) is 38.7 Å². The molecule has 0 radical (unpaired) electrons. The van der Waals surface area contributed by atoms with E-state index in [9.17, 15) is 9.90 Å². The molecule has 1 aromatic carbocycles. The third-order valence-corrected chi connectivity index (χ3v) is 5.02. The van der Waals surface area contributed by atoms with Gasteiger partial charge in [-0.3, -0.25) is 4.68 Å². The zero-order valence-electron chi connectivity index (χ0n) is 17.3. The molecule has 0 aliphatic carbocycles. The summed E-state index contributed by atoms with van der Waals surface area (Å²) in [6.07, 6.45) is 3.63. The van der Waals surface area contributed by atoms with Gasteiger partial charge in [-0.25, -0.2) is 4.79 Å². The van der Waals surface area contributed by atoms with Crippen molar-refractivity contribution in [3.8, 4) is 5.75 Å². The van der Waals surface area contributed by atoms with Crippen molar-refractivity contribution in [1.29, 1.82) is 0 Å². The Morgan fingerprint density at radius 1 is 1.30 bits per heavy atom. The average Bonchev–Trinajstić information content (AvgIpc) is 3.21. The van der Waals surface area contributed by atoms with Crippen LogP contribution in [0.25, 0.3) is 0 Å². The number of amides is 2. The van der Waals surface area contributed by atoms with Crippen LogP contribution in [0.15, 0.2) is 30.5 Å². The molecule has 1 fully saturated rings. The van der Waals surface area contributed by atoms with Gasteiger partial charge >= 0.3 is 6.03 Å². The number of nitrogens with zero attached hydrogens (tertiary/aromatic N) is 3. The SMILES string of the molecule is COCc1cn(CC[C@H]2CC[C@H](NC(=O)Nc3ccc(OC)cc3)[C@H](CO)O2)nn1. The molecule has 0 unspecified atom stereocenters. The van der Waals surface area contributed by atoms with Crippen LogP contribution in [0.5, 0.6) is 5.75 Å². The quantitative estimate of drug-likeness (QED) is 0.564. The Hall–Kier alpha value is -2.69. The lowest BCUT2D eigenvalue weighted by atomic mass is 9.97. The minimum absolute atomic E-state index is 0.0140. The highest BCUT2D eigenvalue weighted by atomic mass is 16.5. The van der Waals surface area contributed by atoms with E-state index in [4.69, 9.17) is 14.2 Å². The second-order valence-corrected chi connectivity index (χ2v) is 7.18. The summed E-state index contributed by atoms with van der Waals surface area (Å²) in [5, 5.41) is 23.5. The Morgan fingerprint density at radius 2 is 2.10 bits per heavy atom. The smallest absolute Gasteiger partial charge is 0.319 e. The molecule has 0 saturated carbocycles. The maximum absolute atomic E-state index is 12.3. The topological polar surface area (TPSA) is 120 Å². The lowest BCUT2D eigenvalue weighted by Crippen LogP contribution is -2.52. The van der Waals surface area contributed by atoms with Crippen LogP contribution in [0.2, 0.25) is 0 Å². The number of aliphatic hydroxyl groups is 1. The van der Waals surface area contributed by atoms with Gasteiger partial charge in [0.2, 0.25) is 0 Å². The molecule has 3 N–H and O–H groups in total. The monoisotopic (exact) mass is 419 g/mol. The summed E-state index contributed by atoms with van der Waals surface area (Å²) < 4.78 is 17.9. The number of benzene rings is 1. The number of aliphatic hydroxyl groups excluding tert-OH is 1. The molecule has 10 heteroatoms. The summed E-state index contributed by atoms with van der Waals surface area (Å²) in [6.45, 7) is 0.930. The van der Waals surface area contributed by atoms with E-state index in [1.54, 1.807) is 43.2 Å². The lowest BCUT2D eigenvalue weighted by molar-refractivity contribution is -0.0905. The Kier molecular flexibility index (Phi) is 8.00. The van der Waals surface area contributed by atoms with Crippen LogP contribution >= 0.6 is 0 Å². The first-order valence-electron chi connectivity index (χ1n) is 9.97. The molecule has 1 aliphatic rings. The summed E-state index contributed by atoms with van der Waals surface area (Å²) in [4.78, 5) is 12.3. The number of aromatic nitrogens is 3. The number of nitrogens with one attached hydrogen (secondary N) is 2. The van der Waals surface area contributed by atoms with Crippen molar-refractivity contribution in [2.75, 3.05) is 26.1 Å². The molecule has 0 spiro atoms. The number of rotatable bonds is 9. The van der Waals surface area contributed by atoms with Crippen LogP contribution in [0.4, 0.5) is 10.5 Å². The van der Waals surface area contributed by atoms with Gasteiger partial charge in [0.25, 0.3) is 0 Å². The average molecular weight is 419 g/mol. The fraction of sp³-hybridized carbons (Fsp3) is 0.550. The van der Waals surface area contributed by atoms with Crippen molar-refractivity contribution < 1.29 is 24.1 Å². The molecule has 3 rings (SSSR count). The van der Waals surface area contributed by atoms with Gasteiger partial charge in [-0.1, -0.05) is 5.21 Å². The third-order valence-electron chi connectivity index (χ3n) is 5.02.